The maximum atomic E-state index is 11.7. The lowest BCUT2D eigenvalue weighted by molar-refractivity contribution is -0.118. The van der Waals surface area contributed by atoms with Gasteiger partial charge in [-0.1, -0.05) is 12.8 Å². The van der Waals surface area contributed by atoms with E-state index in [2.05, 4.69) is 21.2 Å². The molecule has 18 heavy (non-hydrogen) atoms. The molecule has 1 aliphatic carbocycles. The zero-order chi connectivity index (χ0) is 13.0. The van der Waals surface area contributed by atoms with Crippen molar-refractivity contribution >= 4 is 27.9 Å². The molecule has 98 valence electrons. The van der Waals surface area contributed by atoms with Crippen molar-refractivity contribution in [2.75, 3.05) is 0 Å². The average Bonchev–Trinajstić information content (AvgIpc) is 2.76. The van der Waals surface area contributed by atoms with Crippen LogP contribution in [0.1, 0.15) is 31.4 Å². The molecule has 4 nitrogen and oxygen atoms in total. The molecule has 1 aromatic heterocycles. The number of rotatable bonds is 3. The van der Waals surface area contributed by atoms with Gasteiger partial charge in [0, 0.05) is 6.08 Å². The van der Waals surface area contributed by atoms with Gasteiger partial charge in [-0.05, 0) is 47.0 Å². The highest BCUT2D eigenvalue weighted by atomic mass is 79.9. The monoisotopic (exact) mass is 313 g/mol. The van der Waals surface area contributed by atoms with Crippen molar-refractivity contribution in [1.29, 1.82) is 0 Å². The first-order valence-electron chi connectivity index (χ1n) is 6.07. The number of hydrogen-bond acceptors (Lipinski definition) is 3. The molecule has 1 fully saturated rings. The van der Waals surface area contributed by atoms with E-state index in [1.165, 1.54) is 6.08 Å². The van der Waals surface area contributed by atoms with E-state index in [4.69, 9.17) is 4.42 Å². The summed E-state index contributed by atoms with van der Waals surface area (Å²) in [6.45, 7) is 0. The Bertz CT molecular complexity index is 441. The Morgan fingerprint density at radius 2 is 2.22 bits per heavy atom. The maximum Gasteiger partial charge on any atom is 0.244 e. The van der Waals surface area contributed by atoms with Crippen LogP contribution in [0, 0.1) is 0 Å². The molecule has 1 aliphatic rings. The molecule has 0 aromatic carbocycles. The van der Waals surface area contributed by atoms with Gasteiger partial charge in [-0.15, -0.1) is 0 Å². The lowest BCUT2D eigenvalue weighted by Gasteiger charge is -2.27. The second-order valence-corrected chi connectivity index (χ2v) is 5.22. The highest BCUT2D eigenvalue weighted by Crippen LogP contribution is 2.18. The summed E-state index contributed by atoms with van der Waals surface area (Å²) < 4.78 is 5.88. The van der Waals surface area contributed by atoms with Crippen molar-refractivity contribution in [3.63, 3.8) is 0 Å². The van der Waals surface area contributed by atoms with Gasteiger partial charge < -0.3 is 14.8 Å². The van der Waals surface area contributed by atoms with Gasteiger partial charge in [0.1, 0.15) is 5.76 Å². The average molecular weight is 314 g/mol. The summed E-state index contributed by atoms with van der Waals surface area (Å²) in [5.41, 5.74) is 0. The van der Waals surface area contributed by atoms with E-state index in [9.17, 15) is 9.90 Å². The van der Waals surface area contributed by atoms with Crippen LogP contribution < -0.4 is 5.32 Å². The van der Waals surface area contributed by atoms with E-state index in [1.807, 2.05) is 0 Å². The predicted octanol–water partition coefficient (Wildman–Crippen LogP) is 2.48. The molecule has 0 saturated heterocycles. The highest BCUT2D eigenvalue weighted by molar-refractivity contribution is 9.10. The van der Waals surface area contributed by atoms with Gasteiger partial charge in [-0.2, -0.15) is 0 Å². The highest BCUT2D eigenvalue weighted by Gasteiger charge is 2.23. The lowest BCUT2D eigenvalue weighted by atomic mass is 9.92. The standard InChI is InChI=1S/C13H16BrNO3/c14-12-7-5-9(18-12)6-8-13(17)15-10-3-1-2-4-11(10)16/h5-8,10-11,16H,1-4H2,(H,15,17)/b8-6+/t10-,11-/m1/s1. The Hall–Kier alpha value is -1.07. The lowest BCUT2D eigenvalue weighted by Crippen LogP contribution is -2.44. The third kappa shape index (κ3) is 3.71. The van der Waals surface area contributed by atoms with Crippen LogP contribution in [-0.4, -0.2) is 23.2 Å². The van der Waals surface area contributed by atoms with E-state index in [0.29, 0.717) is 10.4 Å². The van der Waals surface area contributed by atoms with Crippen LogP contribution in [0.5, 0.6) is 0 Å². The third-order valence-electron chi connectivity index (χ3n) is 3.05. The van der Waals surface area contributed by atoms with E-state index in [0.717, 1.165) is 25.7 Å². The molecule has 2 atom stereocenters. The first-order chi connectivity index (χ1) is 8.65. The molecule has 0 radical (unpaired) electrons. The number of amides is 1. The molecule has 0 unspecified atom stereocenters. The van der Waals surface area contributed by atoms with Gasteiger partial charge in [0.2, 0.25) is 5.91 Å². The number of nitrogens with one attached hydrogen (secondary N) is 1. The molecule has 0 spiro atoms. The fraction of sp³-hybridized carbons (Fsp3) is 0.462. The van der Waals surface area contributed by atoms with Gasteiger partial charge in [-0.25, -0.2) is 0 Å². The van der Waals surface area contributed by atoms with E-state index >= 15 is 0 Å². The summed E-state index contributed by atoms with van der Waals surface area (Å²) in [6.07, 6.45) is 6.30. The van der Waals surface area contributed by atoms with Crippen LogP contribution in [0.2, 0.25) is 0 Å². The zero-order valence-electron chi connectivity index (χ0n) is 9.93. The summed E-state index contributed by atoms with van der Waals surface area (Å²) in [6, 6.07) is 3.41. The SMILES string of the molecule is O=C(/C=C/c1ccc(Br)o1)N[C@@H]1CCCC[C@H]1O. The number of hydrogen-bond donors (Lipinski definition) is 2. The van der Waals surface area contributed by atoms with Crippen molar-refractivity contribution < 1.29 is 14.3 Å². The van der Waals surface area contributed by atoms with E-state index in [-0.39, 0.29) is 11.9 Å². The van der Waals surface area contributed by atoms with Crippen LogP contribution in [0.15, 0.2) is 27.3 Å². The third-order valence-corrected chi connectivity index (χ3v) is 3.48. The van der Waals surface area contributed by atoms with Gasteiger partial charge in [-0.3, -0.25) is 4.79 Å². The normalized spacial score (nSPS) is 24.3. The minimum absolute atomic E-state index is 0.126. The Labute approximate surface area is 114 Å². The Morgan fingerprint density at radius 3 is 2.89 bits per heavy atom. The van der Waals surface area contributed by atoms with Gasteiger partial charge in [0.15, 0.2) is 4.67 Å². The Kier molecular flexibility index (Phi) is 4.60. The molecule has 2 rings (SSSR count). The summed E-state index contributed by atoms with van der Waals surface area (Å²) in [5, 5.41) is 12.6. The molecule has 0 aliphatic heterocycles. The number of halogens is 1. The maximum absolute atomic E-state index is 11.7. The Balaban J connectivity index is 1.86. The fourth-order valence-corrected chi connectivity index (χ4v) is 2.41. The molecule has 2 N–H and O–H groups in total. The summed E-state index contributed by atoms with van der Waals surface area (Å²) in [7, 11) is 0. The predicted molar refractivity (Wildman–Crippen MR) is 71.8 cm³/mol. The summed E-state index contributed by atoms with van der Waals surface area (Å²) in [4.78, 5) is 11.7. The van der Waals surface area contributed by atoms with Gasteiger partial charge in [0.05, 0.1) is 12.1 Å². The molecular formula is C13H16BrNO3. The first-order valence-corrected chi connectivity index (χ1v) is 6.86. The Morgan fingerprint density at radius 1 is 1.44 bits per heavy atom. The van der Waals surface area contributed by atoms with Crippen LogP contribution >= 0.6 is 15.9 Å². The summed E-state index contributed by atoms with van der Waals surface area (Å²) in [5.74, 6) is 0.412. The van der Waals surface area contributed by atoms with Gasteiger partial charge in [0.25, 0.3) is 0 Å². The van der Waals surface area contributed by atoms with Crippen molar-refractivity contribution in [1.82, 2.24) is 5.32 Å². The molecule has 1 aromatic rings. The number of carbonyl (C=O) groups excluding carboxylic acids is 1. The smallest absolute Gasteiger partial charge is 0.244 e. The molecule has 1 saturated carbocycles. The topological polar surface area (TPSA) is 62.5 Å². The largest absolute Gasteiger partial charge is 0.450 e. The minimum atomic E-state index is -0.422. The number of carbonyl (C=O) groups is 1. The van der Waals surface area contributed by atoms with Crippen molar-refractivity contribution in [2.24, 2.45) is 0 Å². The van der Waals surface area contributed by atoms with Crippen molar-refractivity contribution in [3.05, 3.63) is 28.6 Å². The number of aliphatic hydroxyl groups excluding tert-OH is 1. The minimum Gasteiger partial charge on any atom is -0.450 e. The molecule has 0 bridgehead atoms. The zero-order valence-corrected chi connectivity index (χ0v) is 11.5. The van der Waals surface area contributed by atoms with Crippen molar-refractivity contribution in [2.45, 2.75) is 37.8 Å². The second-order valence-electron chi connectivity index (χ2n) is 4.44. The van der Waals surface area contributed by atoms with Gasteiger partial charge >= 0.3 is 0 Å². The van der Waals surface area contributed by atoms with E-state index in [1.54, 1.807) is 18.2 Å². The molecule has 5 heteroatoms. The molecule has 1 heterocycles. The number of aliphatic hydroxyl groups is 1. The first kappa shape index (κ1) is 13.4. The van der Waals surface area contributed by atoms with Crippen molar-refractivity contribution in [3.8, 4) is 0 Å². The van der Waals surface area contributed by atoms with Crippen LogP contribution in [-0.2, 0) is 4.79 Å². The summed E-state index contributed by atoms with van der Waals surface area (Å²) >= 11 is 3.19. The fourth-order valence-electron chi connectivity index (χ4n) is 2.09. The quantitative estimate of drug-likeness (QED) is 0.843. The van der Waals surface area contributed by atoms with Crippen LogP contribution in [0.4, 0.5) is 0 Å². The van der Waals surface area contributed by atoms with Crippen LogP contribution in [0.3, 0.4) is 0 Å². The molecule has 1 amide bonds. The number of furan rings is 1. The van der Waals surface area contributed by atoms with E-state index < -0.39 is 6.10 Å². The van der Waals surface area contributed by atoms with Crippen LogP contribution in [0.25, 0.3) is 6.08 Å². The molecular weight excluding hydrogens is 298 g/mol. The second kappa shape index (κ2) is 6.20.